The van der Waals surface area contributed by atoms with Gasteiger partial charge in [-0.15, -0.1) is 0 Å². The number of imidazole rings is 1. The maximum Gasteiger partial charge on any atom is 0.229 e. The van der Waals surface area contributed by atoms with Crippen LogP contribution in [-0.4, -0.2) is 36.0 Å². The standard InChI is InChI=1S/C27H23N7O2/c1-27(2,3)26(35)30-18-10-17(12-28-13-18)15-4-5-21-20(11-15)23(34-33-21)25-31-22-19(16-7-9-36-14-16)6-8-29-24(22)32-25/h4-14H,1-3H3,(H,30,35)(H,33,34)(H,29,31,32). The van der Waals surface area contributed by atoms with Crippen LogP contribution >= 0.6 is 0 Å². The molecule has 36 heavy (non-hydrogen) atoms. The van der Waals surface area contributed by atoms with Crippen LogP contribution in [-0.2, 0) is 4.79 Å². The van der Waals surface area contributed by atoms with Gasteiger partial charge >= 0.3 is 0 Å². The van der Waals surface area contributed by atoms with Gasteiger partial charge in [0, 0.05) is 39.9 Å². The Balaban J connectivity index is 1.40. The summed E-state index contributed by atoms with van der Waals surface area (Å²) >= 11 is 0. The lowest BCUT2D eigenvalue weighted by Crippen LogP contribution is -2.27. The Morgan fingerprint density at radius 3 is 2.72 bits per heavy atom. The molecule has 0 atom stereocenters. The number of H-pyrrole nitrogens is 2. The van der Waals surface area contributed by atoms with E-state index in [0.717, 1.165) is 38.7 Å². The number of hydrogen-bond donors (Lipinski definition) is 3. The molecule has 5 heterocycles. The van der Waals surface area contributed by atoms with Crippen molar-refractivity contribution in [2.24, 2.45) is 5.41 Å². The molecule has 0 aliphatic rings. The molecule has 0 saturated heterocycles. The van der Waals surface area contributed by atoms with Crippen molar-refractivity contribution in [2.45, 2.75) is 20.8 Å². The molecule has 0 spiro atoms. The number of hydrogen-bond acceptors (Lipinski definition) is 6. The van der Waals surface area contributed by atoms with Gasteiger partial charge in [0.1, 0.15) is 5.69 Å². The Kier molecular flexibility index (Phi) is 4.92. The van der Waals surface area contributed by atoms with Crippen LogP contribution in [0.2, 0.25) is 0 Å². The fourth-order valence-corrected chi connectivity index (χ4v) is 4.04. The number of pyridine rings is 2. The summed E-state index contributed by atoms with van der Waals surface area (Å²) in [5.74, 6) is 0.545. The van der Waals surface area contributed by atoms with Gasteiger partial charge in [-0.05, 0) is 35.9 Å². The van der Waals surface area contributed by atoms with Gasteiger partial charge in [-0.3, -0.25) is 14.9 Å². The van der Waals surface area contributed by atoms with E-state index in [-0.39, 0.29) is 5.91 Å². The minimum Gasteiger partial charge on any atom is -0.472 e. The van der Waals surface area contributed by atoms with Gasteiger partial charge in [0.05, 0.1) is 35.4 Å². The molecule has 9 heteroatoms. The number of rotatable bonds is 4. The van der Waals surface area contributed by atoms with E-state index in [1.54, 1.807) is 31.1 Å². The lowest BCUT2D eigenvalue weighted by Gasteiger charge is -2.17. The second-order valence-electron chi connectivity index (χ2n) is 9.65. The second kappa shape index (κ2) is 8.16. The molecule has 0 bridgehead atoms. The average molecular weight is 478 g/mol. The minimum atomic E-state index is -0.500. The van der Waals surface area contributed by atoms with E-state index in [0.29, 0.717) is 22.9 Å². The molecule has 3 N–H and O–H groups in total. The molecule has 9 nitrogen and oxygen atoms in total. The molecule has 0 fully saturated rings. The number of anilines is 1. The van der Waals surface area contributed by atoms with E-state index in [1.165, 1.54) is 0 Å². The average Bonchev–Trinajstić information content (AvgIpc) is 3.62. The third-order valence-corrected chi connectivity index (χ3v) is 6.02. The first-order valence-electron chi connectivity index (χ1n) is 11.5. The van der Waals surface area contributed by atoms with Crippen molar-refractivity contribution in [3.63, 3.8) is 0 Å². The van der Waals surface area contributed by atoms with Gasteiger partial charge in [0.2, 0.25) is 5.91 Å². The van der Waals surface area contributed by atoms with Crippen LogP contribution in [0.3, 0.4) is 0 Å². The molecule has 0 aliphatic carbocycles. The highest BCUT2D eigenvalue weighted by Crippen LogP contribution is 2.33. The number of furan rings is 1. The number of benzene rings is 1. The predicted molar refractivity (Wildman–Crippen MR) is 138 cm³/mol. The molecule has 0 unspecified atom stereocenters. The van der Waals surface area contributed by atoms with Crippen molar-refractivity contribution in [3.05, 3.63) is 67.5 Å². The molecule has 0 aliphatic heterocycles. The molecule has 1 aromatic carbocycles. The lowest BCUT2D eigenvalue weighted by molar-refractivity contribution is -0.123. The number of nitrogens with one attached hydrogen (secondary N) is 3. The first-order chi connectivity index (χ1) is 17.4. The summed E-state index contributed by atoms with van der Waals surface area (Å²) in [5, 5.41) is 11.5. The fourth-order valence-electron chi connectivity index (χ4n) is 4.04. The first kappa shape index (κ1) is 21.7. The molecular formula is C27H23N7O2. The Hall–Kier alpha value is -4.79. The third-order valence-electron chi connectivity index (χ3n) is 6.02. The maximum atomic E-state index is 12.4. The summed E-state index contributed by atoms with van der Waals surface area (Å²) in [4.78, 5) is 29.3. The monoisotopic (exact) mass is 477 g/mol. The first-order valence-corrected chi connectivity index (χ1v) is 11.5. The van der Waals surface area contributed by atoms with Crippen LogP contribution in [0.5, 0.6) is 0 Å². The molecule has 5 aromatic heterocycles. The number of carbonyl (C=O) groups excluding carboxylic acids is 1. The van der Waals surface area contributed by atoms with E-state index in [2.05, 4.69) is 30.5 Å². The van der Waals surface area contributed by atoms with E-state index >= 15 is 0 Å². The van der Waals surface area contributed by atoms with Gasteiger partial charge in [-0.25, -0.2) is 9.97 Å². The predicted octanol–water partition coefficient (Wildman–Crippen LogP) is 5.81. The van der Waals surface area contributed by atoms with Crippen LogP contribution in [0.25, 0.3) is 55.8 Å². The Labute approximate surface area is 206 Å². The highest BCUT2D eigenvalue weighted by atomic mass is 16.3. The zero-order valence-corrected chi connectivity index (χ0v) is 20.0. The van der Waals surface area contributed by atoms with Gasteiger partial charge in [0.25, 0.3) is 0 Å². The highest BCUT2D eigenvalue weighted by molar-refractivity contribution is 5.98. The quantitative estimate of drug-likeness (QED) is 0.294. The molecular weight excluding hydrogens is 454 g/mol. The Bertz CT molecular complexity index is 1720. The second-order valence-corrected chi connectivity index (χ2v) is 9.65. The van der Waals surface area contributed by atoms with Crippen molar-refractivity contribution < 1.29 is 9.21 Å². The highest BCUT2D eigenvalue weighted by Gasteiger charge is 2.21. The zero-order valence-electron chi connectivity index (χ0n) is 20.0. The van der Waals surface area contributed by atoms with Crippen molar-refractivity contribution in [1.29, 1.82) is 0 Å². The fraction of sp³-hybridized carbons (Fsp3) is 0.148. The molecule has 0 saturated carbocycles. The van der Waals surface area contributed by atoms with E-state index < -0.39 is 5.41 Å². The number of fused-ring (bicyclic) bond motifs is 2. The summed E-state index contributed by atoms with van der Waals surface area (Å²) < 4.78 is 5.26. The topological polar surface area (TPSA) is 125 Å². The Morgan fingerprint density at radius 1 is 1.03 bits per heavy atom. The van der Waals surface area contributed by atoms with Crippen LogP contribution in [0.4, 0.5) is 5.69 Å². The number of aromatic nitrogens is 6. The van der Waals surface area contributed by atoms with Crippen LogP contribution in [0.1, 0.15) is 20.8 Å². The molecule has 6 aromatic rings. The van der Waals surface area contributed by atoms with Crippen molar-refractivity contribution in [3.8, 4) is 33.8 Å². The summed E-state index contributed by atoms with van der Waals surface area (Å²) in [6.45, 7) is 5.62. The number of amides is 1. The Morgan fingerprint density at radius 2 is 1.92 bits per heavy atom. The summed E-state index contributed by atoms with van der Waals surface area (Å²) in [7, 11) is 0. The van der Waals surface area contributed by atoms with Gasteiger partial charge < -0.3 is 14.7 Å². The van der Waals surface area contributed by atoms with Crippen LogP contribution in [0, 0.1) is 5.41 Å². The lowest BCUT2D eigenvalue weighted by atomic mass is 9.95. The number of carbonyl (C=O) groups is 1. The number of nitrogens with zero attached hydrogens (tertiary/aromatic N) is 4. The summed E-state index contributed by atoms with van der Waals surface area (Å²) in [6, 6.07) is 11.7. The molecule has 0 radical (unpaired) electrons. The summed E-state index contributed by atoms with van der Waals surface area (Å²) in [6.07, 6.45) is 8.48. The van der Waals surface area contributed by atoms with Crippen molar-refractivity contribution in [1.82, 2.24) is 30.1 Å². The largest absolute Gasteiger partial charge is 0.472 e. The molecule has 178 valence electrons. The van der Waals surface area contributed by atoms with Gasteiger partial charge in [-0.2, -0.15) is 5.10 Å². The molecule has 1 amide bonds. The van der Waals surface area contributed by atoms with E-state index in [1.807, 2.05) is 57.2 Å². The van der Waals surface area contributed by atoms with Gasteiger partial charge in [0.15, 0.2) is 11.5 Å². The van der Waals surface area contributed by atoms with Crippen LogP contribution in [0.15, 0.2) is 71.9 Å². The SMILES string of the molecule is CC(C)(C)C(=O)Nc1cncc(-c2ccc3[nH]nc(-c4nc5nccc(-c6ccoc6)c5[nH]4)c3c2)c1. The normalized spacial score (nSPS) is 11.9. The molecule has 6 rings (SSSR count). The van der Waals surface area contributed by atoms with Crippen LogP contribution < -0.4 is 5.32 Å². The van der Waals surface area contributed by atoms with Crippen molar-refractivity contribution >= 4 is 33.7 Å². The minimum absolute atomic E-state index is 0.0673. The van der Waals surface area contributed by atoms with Gasteiger partial charge in [-0.1, -0.05) is 26.8 Å². The van der Waals surface area contributed by atoms with E-state index in [4.69, 9.17) is 9.40 Å². The summed E-state index contributed by atoms with van der Waals surface area (Å²) in [5.41, 5.74) is 6.84. The third kappa shape index (κ3) is 3.80. The smallest absolute Gasteiger partial charge is 0.229 e. The van der Waals surface area contributed by atoms with Crippen molar-refractivity contribution in [2.75, 3.05) is 5.32 Å². The zero-order chi connectivity index (χ0) is 24.9. The van der Waals surface area contributed by atoms with E-state index in [9.17, 15) is 4.79 Å². The number of aromatic amines is 2. The maximum absolute atomic E-state index is 12.4.